The Kier molecular flexibility index (Phi) is 12.0. The summed E-state index contributed by atoms with van der Waals surface area (Å²) in [5.74, 6) is -0.0940. The highest BCUT2D eigenvalue weighted by atomic mass is 19.4. The number of benzene rings is 4. The van der Waals surface area contributed by atoms with Crippen molar-refractivity contribution in [2.24, 2.45) is 5.92 Å². The smallest absolute Gasteiger partial charge is 0.416 e. The molecule has 0 unspecified atom stereocenters. The van der Waals surface area contributed by atoms with E-state index < -0.39 is 53.2 Å². The first-order valence-corrected chi connectivity index (χ1v) is 20.8. The predicted molar refractivity (Wildman–Crippen MR) is 224 cm³/mol. The van der Waals surface area contributed by atoms with E-state index in [4.69, 9.17) is 19.3 Å². The largest absolute Gasteiger partial charge is 0.497 e. The Labute approximate surface area is 351 Å². The number of hydrogen-bond acceptors (Lipinski definition) is 8. The van der Waals surface area contributed by atoms with Crippen molar-refractivity contribution in [3.8, 4) is 28.5 Å². The molecular formula is C47H48F3N5O6. The Balaban J connectivity index is 1.13. The molecule has 3 amide bonds. The van der Waals surface area contributed by atoms with Gasteiger partial charge in [0.05, 0.1) is 30.4 Å². The first-order valence-electron chi connectivity index (χ1n) is 20.8. The van der Waals surface area contributed by atoms with Gasteiger partial charge in [-0.2, -0.15) is 18.7 Å². The molecule has 5 atom stereocenters. The van der Waals surface area contributed by atoms with Crippen LogP contribution >= 0.6 is 0 Å². The summed E-state index contributed by atoms with van der Waals surface area (Å²) in [6, 6.07) is 28.4. The number of nitrogens with one attached hydrogen (secondary N) is 3. The molecule has 2 saturated heterocycles. The molecule has 3 aliphatic rings. The predicted octanol–water partition coefficient (Wildman–Crippen LogP) is 8.49. The van der Waals surface area contributed by atoms with Gasteiger partial charge in [-0.15, -0.1) is 0 Å². The lowest BCUT2D eigenvalue weighted by molar-refractivity contribution is -0.141. The molecule has 3 N–H and O–H groups in total. The second-order valence-corrected chi connectivity index (χ2v) is 16.1. The molecule has 14 heteroatoms. The highest BCUT2D eigenvalue weighted by molar-refractivity contribution is 5.98. The van der Waals surface area contributed by atoms with E-state index in [1.807, 2.05) is 54.6 Å². The number of ether oxygens (including phenoxy) is 2. The summed E-state index contributed by atoms with van der Waals surface area (Å²) < 4.78 is 53.6. The second-order valence-electron chi connectivity index (χ2n) is 16.1. The van der Waals surface area contributed by atoms with E-state index in [9.17, 15) is 27.6 Å². The van der Waals surface area contributed by atoms with Crippen molar-refractivity contribution in [1.29, 1.82) is 0 Å². The zero-order valence-corrected chi connectivity index (χ0v) is 33.8. The summed E-state index contributed by atoms with van der Waals surface area (Å²) in [6.45, 7) is -0.00191. The molecule has 1 aromatic heterocycles. The standard InChI is InChI=1S/C47H48F3N5O6/c1-59-35-22-23-37-40(25-35)52-39(30-14-7-5-8-15-30)27-42(37)60-36-26-41-43(56)53-46(45(58)54-61-34-19-10-6-11-20-34)28-32(46)16-9-3-2-4-12-21-38(44(57)55(41)29-36)51-33-18-13-17-31(24-33)47(48,49)50/h5-8,10-11,13-15,17-20,22-25,27,32,36,38,41,51H,2-4,9,12,16,21,26,28-29H2,1H3,(H,53,56)(H,54,58)/t32-,36-,38+,41+,46-/m1/s1. The van der Waals surface area contributed by atoms with Crippen LogP contribution in [0.15, 0.2) is 109 Å². The summed E-state index contributed by atoms with van der Waals surface area (Å²) in [6.07, 6.45) is 0.277. The Morgan fingerprint density at radius 1 is 0.852 bits per heavy atom. The van der Waals surface area contributed by atoms with E-state index in [0.29, 0.717) is 59.5 Å². The number of hydrogen-bond donors (Lipinski definition) is 3. The van der Waals surface area contributed by atoms with Crippen LogP contribution < -0.4 is 30.4 Å². The monoisotopic (exact) mass is 835 g/mol. The molecular weight excluding hydrogens is 788 g/mol. The number of rotatable bonds is 9. The van der Waals surface area contributed by atoms with E-state index in [2.05, 4.69) is 16.1 Å². The number of para-hydroxylation sites is 1. The number of hydroxylamine groups is 1. The highest BCUT2D eigenvalue weighted by Crippen LogP contribution is 2.48. The lowest BCUT2D eigenvalue weighted by Crippen LogP contribution is -2.57. The molecule has 4 aromatic carbocycles. The number of carbonyl (C=O) groups excluding carboxylic acids is 3. The molecule has 11 nitrogen and oxygen atoms in total. The summed E-state index contributed by atoms with van der Waals surface area (Å²) in [7, 11) is 1.57. The average Bonchev–Trinajstić information content (AvgIpc) is 3.80. The lowest BCUT2D eigenvalue weighted by Gasteiger charge is -2.30. The third-order valence-corrected chi connectivity index (χ3v) is 11.9. The van der Waals surface area contributed by atoms with E-state index >= 15 is 0 Å². The van der Waals surface area contributed by atoms with E-state index in [0.717, 1.165) is 43.4 Å². The Hall–Kier alpha value is -6.31. The van der Waals surface area contributed by atoms with Gasteiger partial charge in [0.1, 0.15) is 35.2 Å². The van der Waals surface area contributed by atoms with Crippen LogP contribution in [0, 0.1) is 5.92 Å². The number of carbonyl (C=O) groups is 3. The minimum Gasteiger partial charge on any atom is -0.497 e. The van der Waals surface area contributed by atoms with Crippen molar-refractivity contribution in [3.05, 3.63) is 115 Å². The first kappa shape index (κ1) is 41.4. The molecule has 5 aromatic rings. The van der Waals surface area contributed by atoms with Gasteiger partial charge in [-0.1, -0.05) is 86.7 Å². The van der Waals surface area contributed by atoms with Crippen molar-refractivity contribution in [2.45, 2.75) is 87.7 Å². The van der Waals surface area contributed by atoms with E-state index in [1.54, 1.807) is 37.4 Å². The van der Waals surface area contributed by atoms with Crippen molar-refractivity contribution in [1.82, 2.24) is 20.7 Å². The number of nitrogens with zero attached hydrogens (tertiary/aromatic N) is 2. The minimum atomic E-state index is -4.58. The topological polar surface area (TPSA) is 131 Å². The third kappa shape index (κ3) is 9.38. The summed E-state index contributed by atoms with van der Waals surface area (Å²) in [4.78, 5) is 55.5. The molecule has 0 spiro atoms. The van der Waals surface area contributed by atoms with Crippen LogP contribution in [0.2, 0.25) is 0 Å². The van der Waals surface area contributed by atoms with Gasteiger partial charge in [0.25, 0.3) is 5.91 Å². The van der Waals surface area contributed by atoms with Gasteiger partial charge in [0, 0.05) is 35.2 Å². The van der Waals surface area contributed by atoms with Crippen LogP contribution in [0.3, 0.4) is 0 Å². The maximum atomic E-state index is 14.9. The molecule has 61 heavy (non-hydrogen) atoms. The minimum absolute atomic E-state index is 0.00191. The van der Waals surface area contributed by atoms with Crippen molar-refractivity contribution < 1.29 is 41.9 Å². The first-order chi connectivity index (χ1) is 29.5. The van der Waals surface area contributed by atoms with Crippen molar-refractivity contribution in [3.63, 3.8) is 0 Å². The number of methoxy groups -OCH3 is 1. The van der Waals surface area contributed by atoms with Crippen LogP contribution in [-0.2, 0) is 20.6 Å². The molecule has 1 aliphatic carbocycles. The quantitative estimate of drug-likeness (QED) is 0.126. The Morgan fingerprint density at radius 2 is 1.59 bits per heavy atom. The molecule has 0 radical (unpaired) electrons. The normalized spacial score (nSPS) is 23.4. The number of anilines is 1. The van der Waals surface area contributed by atoms with Crippen LogP contribution in [0.25, 0.3) is 22.2 Å². The van der Waals surface area contributed by atoms with Gasteiger partial charge < -0.3 is 29.8 Å². The number of pyridine rings is 1. The van der Waals surface area contributed by atoms with Gasteiger partial charge >= 0.3 is 6.18 Å². The van der Waals surface area contributed by atoms with Gasteiger partial charge in [-0.25, -0.2) is 4.98 Å². The van der Waals surface area contributed by atoms with Crippen LogP contribution in [0.5, 0.6) is 17.2 Å². The molecule has 2 aliphatic heterocycles. The molecule has 8 rings (SSSR count). The van der Waals surface area contributed by atoms with E-state index in [-0.39, 0.29) is 24.6 Å². The highest BCUT2D eigenvalue weighted by Gasteiger charge is 2.62. The van der Waals surface area contributed by atoms with Crippen molar-refractivity contribution >= 4 is 34.3 Å². The van der Waals surface area contributed by atoms with Crippen LogP contribution in [0.4, 0.5) is 18.9 Å². The summed E-state index contributed by atoms with van der Waals surface area (Å²) in [5.41, 5.74) is 2.71. The summed E-state index contributed by atoms with van der Waals surface area (Å²) >= 11 is 0. The van der Waals surface area contributed by atoms with Gasteiger partial charge in [0.15, 0.2) is 5.75 Å². The third-order valence-electron chi connectivity index (χ3n) is 11.9. The fraction of sp³-hybridized carbons (Fsp3) is 0.362. The maximum Gasteiger partial charge on any atom is 0.416 e. The Morgan fingerprint density at radius 3 is 2.34 bits per heavy atom. The zero-order chi connectivity index (χ0) is 42.6. The number of fused-ring (bicyclic) bond motifs is 3. The number of amides is 3. The summed E-state index contributed by atoms with van der Waals surface area (Å²) in [5, 5.41) is 6.85. The molecule has 0 bridgehead atoms. The van der Waals surface area contributed by atoms with E-state index in [1.165, 1.54) is 17.0 Å². The second kappa shape index (κ2) is 17.7. The maximum absolute atomic E-state index is 14.9. The van der Waals surface area contributed by atoms with Gasteiger partial charge in [-0.05, 0) is 67.6 Å². The Bertz CT molecular complexity index is 2370. The van der Waals surface area contributed by atoms with Gasteiger partial charge in [0.2, 0.25) is 11.8 Å². The molecule has 1 saturated carbocycles. The average molecular weight is 836 g/mol. The SMILES string of the molecule is COc1ccc2c(O[C@@H]3C[C@H]4C(=O)N[C@]5(C(=O)NOc6ccccc6)C[C@H]5CCCCCCC[C@H](Nc5cccc(C(F)(F)F)c5)C(=O)N4C3)cc(-c3ccccc3)nc2c1. The number of alkyl halides is 3. The molecule has 3 fully saturated rings. The fourth-order valence-corrected chi connectivity index (χ4v) is 8.58. The zero-order valence-electron chi connectivity index (χ0n) is 33.8. The number of aromatic nitrogens is 1. The molecule has 318 valence electrons. The van der Waals surface area contributed by atoms with Crippen LogP contribution in [-0.4, -0.2) is 65.0 Å². The van der Waals surface area contributed by atoms with Gasteiger partial charge in [-0.3, -0.25) is 14.4 Å². The number of halogens is 3. The molecule has 3 heterocycles. The lowest BCUT2D eigenvalue weighted by atomic mass is 10.0. The van der Waals surface area contributed by atoms with Crippen LogP contribution in [0.1, 0.15) is 63.4 Å². The fourth-order valence-electron chi connectivity index (χ4n) is 8.58. The van der Waals surface area contributed by atoms with Crippen molar-refractivity contribution in [2.75, 3.05) is 19.0 Å².